The van der Waals surface area contributed by atoms with Gasteiger partial charge in [0, 0.05) is 22.2 Å². The molecule has 1 heterocycles. The van der Waals surface area contributed by atoms with Crippen LogP contribution in [-0.4, -0.2) is 16.2 Å². The maximum atomic E-state index is 10.7. The number of aromatic amines is 1. The predicted octanol–water partition coefficient (Wildman–Crippen LogP) is 3.29. The Morgan fingerprint density at radius 3 is 2.79 bits per heavy atom. The van der Waals surface area contributed by atoms with Crippen molar-refractivity contribution in [1.82, 2.24) is 4.98 Å². The minimum Gasteiger partial charge on any atom is -0.507 e. The molecule has 1 aromatic heterocycles. The largest absolute Gasteiger partial charge is 0.507 e. The van der Waals surface area contributed by atoms with Gasteiger partial charge in [0.25, 0.3) is 0 Å². The summed E-state index contributed by atoms with van der Waals surface area (Å²) in [6.45, 7) is 1.95. The number of nitrogens with one attached hydrogen (secondary N) is 1. The normalized spacial score (nSPS) is 17.5. The van der Waals surface area contributed by atoms with Crippen LogP contribution in [0.1, 0.15) is 36.9 Å². The molecule has 0 bridgehead atoms. The highest BCUT2D eigenvalue weighted by atomic mass is 16.3. The standard InChI is InChI=1S/C15H16N2O2/c1-10-8-11-13(17-10)5-4-12(14(11)19)15(16-9-18)6-2-3-7-15/h4-5,8,17,19H,2-3,6-7H2,1H3. The van der Waals surface area contributed by atoms with Crippen molar-refractivity contribution >= 4 is 17.0 Å². The van der Waals surface area contributed by atoms with Crippen LogP contribution in [0.3, 0.4) is 0 Å². The summed E-state index contributed by atoms with van der Waals surface area (Å²) < 4.78 is 0. The van der Waals surface area contributed by atoms with Gasteiger partial charge in [0.15, 0.2) is 0 Å². The number of benzene rings is 1. The zero-order valence-electron chi connectivity index (χ0n) is 10.9. The second-order valence-corrected chi connectivity index (χ2v) is 5.32. The lowest BCUT2D eigenvalue weighted by Gasteiger charge is -2.24. The minimum absolute atomic E-state index is 0.239. The van der Waals surface area contributed by atoms with E-state index >= 15 is 0 Å². The summed E-state index contributed by atoms with van der Waals surface area (Å²) in [6.07, 6.45) is 5.32. The fraction of sp³-hybridized carbons (Fsp3) is 0.400. The number of isocyanates is 1. The van der Waals surface area contributed by atoms with Gasteiger partial charge in [0.1, 0.15) is 11.3 Å². The van der Waals surface area contributed by atoms with E-state index in [1.165, 1.54) is 0 Å². The van der Waals surface area contributed by atoms with Crippen LogP contribution in [0.5, 0.6) is 5.75 Å². The third kappa shape index (κ3) is 1.76. The SMILES string of the molecule is Cc1cc2c(O)c(C3(N=C=O)CCCC3)ccc2[nH]1. The fourth-order valence-corrected chi connectivity index (χ4v) is 3.19. The van der Waals surface area contributed by atoms with Gasteiger partial charge in [-0.05, 0) is 31.9 Å². The molecule has 0 radical (unpaired) electrons. The van der Waals surface area contributed by atoms with Crippen molar-refractivity contribution in [3.63, 3.8) is 0 Å². The highest BCUT2D eigenvalue weighted by molar-refractivity contribution is 5.88. The number of phenolic OH excluding ortho intramolecular Hbond substituents is 1. The Kier molecular flexibility index (Phi) is 2.68. The highest BCUT2D eigenvalue weighted by Crippen LogP contribution is 2.47. The number of nitrogens with zero attached hydrogens (tertiary/aromatic N) is 1. The lowest BCUT2D eigenvalue weighted by atomic mass is 9.87. The molecule has 0 saturated heterocycles. The molecule has 1 aliphatic carbocycles. The van der Waals surface area contributed by atoms with E-state index in [9.17, 15) is 9.90 Å². The second kappa shape index (κ2) is 4.25. The number of phenols is 1. The molecule has 4 heteroatoms. The number of hydrogen-bond acceptors (Lipinski definition) is 3. The number of rotatable bonds is 2. The third-order valence-electron chi connectivity index (χ3n) is 4.10. The zero-order valence-corrected chi connectivity index (χ0v) is 10.9. The van der Waals surface area contributed by atoms with Crippen LogP contribution in [0, 0.1) is 6.92 Å². The molecule has 0 unspecified atom stereocenters. The molecular weight excluding hydrogens is 240 g/mol. The molecule has 4 nitrogen and oxygen atoms in total. The first kappa shape index (κ1) is 12.0. The number of aliphatic imine (C=N–C) groups is 1. The molecule has 2 aromatic rings. The molecule has 0 amide bonds. The second-order valence-electron chi connectivity index (χ2n) is 5.32. The Morgan fingerprint density at radius 2 is 2.11 bits per heavy atom. The summed E-state index contributed by atoms with van der Waals surface area (Å²) in [7, 11) is 0. The van der Waals surface area contributed by atoms with Gasteiger partial charge >= 0.3 is 0 Å². The minimum atomic E-state index is -0.578. The van der Waals surface area contributed by atoms with Crippen molar-refractivity contribution in [2.24, 2.45) is 4.99 Å². The molecule has 0 aliphatic heterocycles. The third-order valence-corrected chi connectivity index (χ3v) is 4.10. The van der Waals surface area contributed by atoms with Crippen LogP contribution in [0.2, 0.25) is 0 Å². The van der Waals surface area contributed by atoms with Crippen molar-refractivity contribution in [3.05, 3.63) is 29.5 Å². The van der Waals surface area contributed by atoms with E-state index < -0.39 is 5.54 Å². The van der Waals surface area contributed by atoms with E-state index in [0.29, 0.717) is 0 Å². The van der Waals surface area contributed by atoms with Crippen LogP contribution >= 0.6 is 0 Å². The average molecular weight is 256 g/mol. The van der Waals surface area contributed by atoms with Crippen molar-refractivity contribution in [2.45, 2.75) is 38.1 Å². The fourth-order valence-electron chi connectivity index (χ4n) is 3.19. The van der Waals surface area contributed by atoms with Crippen molar-refractivity contribution in [3.8, 4) is 5.75 Å². The Labute approximate surface area is 111 Å². The van der Waals surface area contributed by atoms with Gasteiger partial charge in [-0.1, -0.05) is 18.9 Å². The molecule has 1 saturated carbocycles. The Hall–Kier alpha value is -2.06. The number of carbonyl (C=O) groups excluding carboxylic acids is 1. The number of aromatic hydroxyl groups is 1. The lowest BCUT2D eigenvalue weighted by Crippen LogP contribution is -2.19. The first-order valence-corrected chi connectivity index (χ1v) is 6.57. The zero-order chi connectivity index (χ0) is 13.5. The molecule has 98 valence electrons. The van der Waals surface area contributed by atoms with Crippen molar-refractivity contribution < 1.29 is 9.90 Å². The molecule has 1 aromatic carbocycles. The van der Waals surface area contributed by atoms with E-state index in [1.807, 2.05) is 25.1 Å². The van der Waals surface area contributed by atoms with E-state index in [4.69, 9.17) is 0 Å². The molecule has 0 atom stereocenters. The Balaban J connectivity index is 2.23. The summed E-state index contributed by atoms with van der Waals surface area (Å²) in [6, 6.07) is 5.74. The molecule has 1 aliphatic rings. The predicted molar refractivity (Wildman–Crippen MR) is 73.0 cm³/mol. The first-order chi connectivity index (χ1) is 9.16. The lowest BCUT2D eigenvalue weighted by molar-refractivity contribution is 0.412. The van der Waals surface area contributed by atoms with Gasteiger partial charge < -0.3 is 10.1 Å². The number of aromatic nitrogens is 1. The number of fused-ring (bicyclic) bond motifs is 1. The maximum absolute atomic E-state index is 10.7. The van der Waals surface area contributed by atoms with Crippen LogP contribution in [-0.2, 0) is 10.3 Å². The monoisotopic (exact) mass is 256 g/mol. The van der Waals surface area contributed by atoms with Crippen LogP contribution in [0.15, 0.2) is 23.2 Å². The summed E-state index contributed by atoms with van der Waals surface area (Å²) in [4.78, 5) is 18.0. The highest BCUT2D eigenvalue weighted by Gasteiger charge is 2.38. The van der Waals surface area contributed by atoms with Crippen LogP contribution < -0.4 is 0 Å². The maximum Gasteiger partial charge on any atom is 0.235 e. The summed E-state index contributed by atoms with van der Waals surface area (Å²) >= 11 is 0. The molecule has 19 heavy (non-hydrogen) atoms. The quantitative estimate of drug-likeness (QED) is 0.639. The van der Waals surface area contributed by atoms with Gasteiger partial charge in [0.2, 0.25) is 6.08 Å². The number of hydrogen-bond donors (Lipinski definition) is 2. The average Bonchev–Trinajstić information content (AvgIpc) is 2.97. The van der Waals surface area contributed by atoms with Gasteiger partial charge in [0.05, 0.1) is 0 Å². The van der Waals surface area contributed by atoms with Crippen LogP contribution in [0.25, 0.3) is 10.9 Å². The Morgan fingerprint density at radius 1 is 1.37 bits per heavy atom. The molecular formula is C15H16N2O2. The molecule has 3 rings (SSSR count). The van der Waals surface area contributed by atoms with Gasteiger partial charge in [-0.3, -0.25) is 0 Å². The molecule has 2 N–H and O–H groups in total. The smallest absolute Gasteiger partial charge is 0.235 e. The van der Waals surface area contributed by atoms with E-state index in [0.717, 1.165) is 47.8 Å². The number of H-pyrrole nitrogens is 1. The van der Waals surface area contributed by atoms with E-state index in [1.54, 1.807) is 6.08 Å². The Bertz CT molecular complexity index is 675. The van der Waals surface area contributed by atoms with Gasteiger partial charge in [-0.15, -0.1) is 0 Å². The summed E-state index contributed by atoms with van der Waals surface area (Å²) in [5, 5.41) is 11.3. The van der Waals surface area contributed by atoms with Crippen molar-refractivity contribution in [2.75, 3.05) is 0 Å². The molecule has 1 fully saturated rings. The first-order valence-electron chi connectivity index (χ1n) is 6.57. The van der Waals surface area contributed by atoms with E-state index in [2.05, 4.69) is 9.98 Å². The number of aryl methyl sites for hydroxylation is 1. The van der Waals surface area contributed by atoms with Crippen LogP contribution in [0.4, 0.5) is 0 Å². The van der Waals surface area contributed by atoms with Gasteiger partial charge in [-0.25, -0.2) is 4.79 Å². The van der Waals surface area contributed by atoms with Crippen molar-refractivity contribution in [1.29, 1.82) is 0 Å². The molecule has 0 spiro atoms. The van der Waals surface area contributed by atoms with Gasteiger partial charge in [-0.2, -0.15) is 4.99 Å². The summed E-state index contributed by atoms with van der Waals surface area (Å²) in [5.74, 6) is 0.239. The summed E-state index contributed by atoms with van der Waals surface area (Å²) in [5.41, 5.74) is 2.08. The topological polar surface area (TPSA) is 65.5 Å². The van der Waals surface area contributed by atoms with E-state index in [-0.39, 0.29) is 5.75 Å².